The maximum absolute atomic E-state index is 7.44. The fraction of sp³-hybridized carbons (Fsp3) is 0.143. The second-order valence-electron chi connectivity index (χ2n) is 4.17. The molecule has 0 aliphatic rings. The summed E-state index contributed by atoms with van der Waals surface area (Å²) in [6, 6.07) is 11.1. The van der Waals surface area contributed by atoms with Crippen LogP contribution < -0.4 is 10.5 Å². The van der Waals surface area contributed by atoms with Crippen LogP contribution in [0, 0.1) is 19.3 Å². The summed E-state index contributed by atoms with van der Waals surface area (Å²) >= 11 is 0. The Morgan fingerprint density at radius 3 is 2.67 bits per heavy atom. The van der Waals surface area contributed by atoms with Gasteiger partial charge in [-0.2, -0.15) is 0 Å². The van der Waals surface area contributed by atoms with E-state index in [1.165, 1.54) is 0 Å². The van der Waals surface area contributed by atoms with Gasteiger partial charge in [0, 0.05) is 17.3 Å². The zero-order valence-corrected chi connectivity index (χ0v) is 10.4. The van der Waals surface area contributed by atoms with E-state index in [-0.39, 0.29) is 5.84 Å². The predicted molar refractivity (Wildman–Crippen MR) is 71.2 cm³/mol. The minimum atomic E-state index is 0.00888. The molecule has 1 heterocycles. The van der Waals surface area contributed by atoms with Crippen molar-refractivity contribution in [2.24, 2.45) is 5.73 Å². The van der Waals surface area contributed by atoms with Crippen LogP contribution >= 0.6 is 0 Å². The highest BCUT2D eigenvalue weighted by Crippen LogP contribution is 2.21. The fourth-order valence-electron chi connectivity index (χ4n) is 1.65. The summed E-state index contributed by atoms with van der Waals surface area (Å²) in [5, 5.41) is 7.44. The summed E-state index contributed by atoms with van der Waals surface area (Å²) in [7, 11) is 0. The van der Waals surface area contributed by atoms with Crippen LogP contribution in [-0.2, 0) is 0 Å². The maximum Gasteiger partial charge on any atom is 0.220 e. The number of pyridine rings is 1. The number of nitrogens with zero attached hydrogens (tertiary/aromatic N) is 1. The number of nitrogen functional groups attached to an aromatic ring is 1. The molecule has 0 spiro atoms. The van der Waals surface area contributed by atoms with Gasteiger partial charge in [0.25, 0.3) is 0 Å². The molecule has 0 aliphatic carbocycles. The van der Waals surface area contributed by atoms with Crippen molar-refractivity contribution in [3.63, 3.8) is 0 Å². The SMILES string of the molecule is Cc1cccc(Oc2cc(C(=N)N)cc(C)n2)c1. The van der Waals surface area contributed by atoms with E-state index in [4.69, 9.17) is 15.9 Å². The second-order valence-corrected chi connectivity index (χ2v) is 4.17. The van der Waals surface area contributed by atoms with E-state index < -0.39 is 0 Å². The van der Waals surface area contributed by atoms with Crippen molar-refractivity contribution in [1.82, 2.24) is 4.98 Å². The molecule has 1 aromatic carbocycles. The van der Waals surface area contributed by atoms with Crippen LogP contribution in [0.15, 0.2) is 36.4 Å². The Hall–Kier alpha value is -2.36. The third-order valence-corrected chi connectivity index (χ3v) is 2.45. The molecule has 0 atom stereocenters. The number of nitrogens with one attached hydrogen (secondary N) is 1. The van der Waals surface area contributed by atoms with E-state index >= 15 is 0 Å². The van der Waals surface area contributed by atoms with E-state index in [0.717, 1.165) is 17.0 Å². The Labute approximate surface area is 106 Å². The fourth-order valence-corrected chi connectivity index (χ4v) is 1.65. The van der Waals surface area contributed by atoms with E-state index in [2.05, 4.69) is 4.98 Å². The molecule has 0 saturated heterocycles. The smallest absolute Gasteiger partial charge is 0.220 e. The molecule has 3 N–H and O–H groups in total. The highest BCUT2D eigenvalue weighted by atomic mass is 16.5. The summed E-state index contributed by atoms with van der Waals surface area (Å²) in [5.74, 6) is 1.18. The van der Waals surface area contributed by atoms with Gasteiger partial charge in [0.2, 0.25) is 5.88 Å². The molecule has 2 aromatic rings. The van der Waals surface area contributed by atoms with Crippen LogP contribution in [0.4, 0.5) is 0 Å². The zero-order chi connectivity index (χ0) is 13.1. The van der Waals surface area contributed by atoms with Gasteiger partial charge in [-0.25, -0.2) is 4.98 Å². The van der Waals surface area contributed by atoms with Crippen LogP contribution in [-0.4, -0.2) is 10.8 Å². The van der Waals surface area contributed by atoms with Gasteiger partial charge in [-0.15, -0.1) is 0 Å². The Balaban J connectivity index is 2.31. The highest BCUT2D eigenvalue weighted by molar-refractivity contribution is 5.95. The van der Waals surface area contributed by atoms with Crippen molar-refractivity contribution in [1.29, 1.82) is 5.41 Å². The Bertz CT molecular complexity index is 593. The highest BCUT2D eigenvalue weighted by Gasteiger charge is 2.05. The molecule has 4 nitrogen and oxygen atoms in total. The molecule has 0 amide bonds. The number of rotatable bonds is 3. The normalized spacial score (nSPS) is 10.1. The van der Waals surface area contributed by atoms with Crippen molar-refractivity contribution in [3.8, 4) is 11.6 Å². The number of ether oxygens (including phenoxy) is 1. The van der Waals surface area contributed by atoms with Gasteiger partial charge < -0.3 is 10.5 Å². The number of hydrogen-bond acceptors (Lipinski definition) is 3. The number of aromatic nitrogens is 1. The van der Waals surface area contributed by atoms with Crippen LogP contribution in [0.2, 0.25) is 0 Å². The van der Waals surface area contributed by atoms with Crippen LogP contribution in [0.3, 0.4) is 0 Å². The van der Waals surface area contributed by atoms with Crippen molar-refractivity contribution in [3.05, 3.63) is 53.2 Å². The third kappa shape index (κ3) is 2.85. The Morgan fingerprint density at radius 2 is 2.00 bits per heavy atom. The molecule has 0 fully saturated rings. The lowest BCUT2D eigenvalue weighted by molar-refractivity contribution is 0.461. The average molecular weight is 241 g/mol. The molecule has 0 unspecified atom stereocenters. The second kappa shape index (κ2) is 4.87. The van der Waals surface area contributed by atoms with E-state index in [1.807, 2.05) is 38.1 Å². The lowest BCUT2D eigenvalue weighted by atomic mass is 10.2. The third-order valence-electron chi connectivity index (χ3n) is 2.45. The lowest BCUT2D eigenvalue weighted by Gasteiger charge is -2.08. The van der Waals surface area contributed by atoms with E-state index in [0.29, 0.717) is 11.4 Å². The van der Waals surface area contributed by atoms with Gasteiger partial charge in [-0.3, -0.25) is 5.41 Å². The molecule has 18 heavy (non-hydrogen) atoms. The van der Waals surface area contributed by atoms with Gasteiger partial charge in [-0.1, -0.05) is 12.1 Å². The number of amidine groups is 1. The first kappa shape index (κ1) is 12.1. The topological polar surface area (TPSA) is 72.0 Å². The first-order valence-electron chi connectivity index (χ1n) is 5.62. The van der Waals surface area contributed by atoms with Crippen LogP contribution in [0.5, 0.6) is 11.6 Å². The van der Waals surface area contributed by atoms with Crippen molar-refractivity contribution >= 4 is 5.84 Å². The van der Waals surface area contributed by atoms with Crippen LogP contribution in [0.1, 0.15) is 16.8 Å². The lowest BCUT2D eigenvalue weighted by Crippen LogP contribution is -2.11. The first-order valence-corrected chi connectivity index (χ1v) is 5.62. The number of nitrogens with two attached hydrogens (primary N) is 1. The summed E-state index contributed by atoms with van der Waals surface area (Å²) in [6.07, 6.45) is 0. The molecule has 1 aromatic heterocycles. The molecule has 0 radical (unpaired) electrons. The van der Waals surface area contributed by atoms with Crippen molar-refractivity contribution < 1.29 is 4.74 Å². The van der Waals surface area contributed by atoms with Crippen molar-refractivity contribution in [2.45, 2.75) is 13.8 Å². The standard InChI is InChI=1S/C14H15N3O/c1-9-4-3-5-12(6-9)18-13-8-11(14(15)16)7-10(2)17-13/h3-8H,1-2H3,(H3,15,16). The van der Waals surface area contributed by atoms with Gasteiger partial charge in [-0.05, 0) is 37.6 Å². The Kier molecular flexibility index (Phi) is 3.28. The van der Waals surface area contributed by atoms with Gasteiger partial charge >= 0.3 is 0 Å². The minimum absolute atomic E-state index is 0.00888. The molecule has 0 aliphatic heterocycles. The monoisotopic (exact) mass is 241 g/mol. The largest absolute Gasteiger partial charge is 0.439 e. The number of benzene rings is 1. The predicted octanol–water partition coefficient (Wildman–Crippen LogP) is 2.77. The number of aryl methyl sites for hydroxylation is 2. The van der Waals surface area contributed by atoms with Gasteiger partial charge in [0.1, 0.15) is 11.6 Å². The minimum Gasteiger partial charge on any atom is -0.439 e. The molecule has 0 saturated carbocycles. The molecular weight excluding hydrogens is 226 g/mol. The number of hydrogen-bond donors (Lipinski definition) is 2. The first-order chi connectivity index (χ1) is 8.54. The van der Waals surface area contributed by atoms with Gasteiger partial charge in [0.15, 0.2) is 0 Å². The average Bonchev–Trinajstić information content (AvgIpc) is 2.28. The molecule has 4 heteroatoms. The summed E-state index contributed by atoms with van der Waals surface area (Å²) < 4.78 is 5.67. The molecule has 92 valence electrons. The Morgan fingerprint density at radius 1 is 1.22 bits per heavy atom. The quantitative estimate of drug-likeness (QED) is 0.641. The maximum atomic E-state index is 7.44. The summed E-state index contributed by atoms with van der Waals surface area (Å²) in [6.45, 7) is 3.84. The molecular formula is C14H15N3O. The molecule has 2 rings (SSSR count). The van der Waals surface area contributed by atoms with Crippen LogP contribution in [0.25, 0.3) is 0 Å². The van der Waals surface area contributed by atoms with E-state index in [1.54, 1.807) is 12.1 Å². The van der Waals surface area contributed by atoms with Gasteiger partial charge in [0.05, 0.1) is 0 Å². The zero-order valence-electron chi connectivity index (χ0n) is 10.4. The van der Waals surface area contributed by atoms with Crippen molar-refractivity contribution in [2.75, 3.05) is 0 Å². The summed E-state index contributed by atoms with van der Waals surface area (Å²) in [5.41, 5.74) is 7.97. The molecule has 0 bridgehead atoms. The summed E-state index contributed by atoms with van der Waals surface area (Å²) in [4.78, 5) is 4.27. The van der Waals surface area contributed by atoms with E-state index in [9.17, 15) is 0 Å².